The van der Waals surface area contributed by atoms with Crippen LogP contribution in [0.15, 0.2) is 42.5 Å². The molecule has 0 aliphatic carbocycles. The molecule has 20 heavy (non-hydrogen) atoms. The molecule has 6 heteroatoms. The lowest BCUT2D eigenvalue weighted by Gasteiger charge is -2.10. The summed E-state index contributed by atoms with van der Waals surface area (Å²) < 4.78 is 0. The molecule has 0 fully saturated rings. The maximum atomic E-state index is 12.2. The van der Waals surface area contributed by atoms with Crippen molar-refractivity contribution in [2.75, 3.05) is 5.32 Å². The van der Waals surface area contributed by atoms with E-state index in [0.717, 1.165) is 0 Å². The quantitative estimate of drug-likeness (QED) is 0.902. The summed E-state index contributed by atoms with van der Waals surface area (Å²) >= 11 is 11.7. The first-order valence-electron chi connectivity index (χ1n) is 5.58. The van der Waals surface area contributed by atoms with E-state index in [1.54, 1.807) is 30.3 Å². The van der Waals surface area contributed by atoms with Gasteiger partial charge in [0.05, 0.1) is 16.1 Å². The zero-order valence-corrected chi connectivity index (χ0v) is 11.6. The molecule has 0 aliphatic heterocycles. The fraction of sp³-hybridized carbons (Fsp3) is 0. The molecule has 1 amide bonds. The smallest absolute Gasteiger partial charge is 0.336 e. The van der Waals surface area contributed by atoms with Gasteiger partial charge in [0.25, 0.3) is 5.91 Å². The van der Waals surface area contributed by atoms with E-state index in [0.29, 0.717) is 5.69 Å². The van der Waals surface area contributed by atoms with Crippen LogP contribution in [0.5, 0.6) is 0 Å². The van der Waals surface area contributed by atoms with E-state index in [-0.39, 0.29) is 21.2 Å². The number of aromatic carboxylic acids is 1. The van der Waals surface area contributed by atoms with Crippen molar-refractivity contribution in [3.8, 4) is 0 Å². The first-order valence-corrected chi connectivity index (χ1v) is 6.33. The maximum absolute atomic E-state index is 12.2. The van der Waals surface area contributed by atoms with Crippen LogP contribution in [0, 0.1) is 0 Å². The van der Waals surface area contributed by atoms with Crippen molar-refractivity contribution >= 4 is 40.8 Å². The van der Waals surface area contributed by atoms with E-state index in [9.17, 15) is 9.59 Å². The number of carbonyl (C=O) groups is 2. The van der Waals surface area contributed by atoms with Crippen LogP contribution in [0.25, 0.3) is 0 Å². The number of hydrogen-bond donors (Lipinski definition) is 2. The highest BCUT2D eigenvalue weighted by Crippen LogP contribution is 2.26. The Morgan fingerprint density at radius 3 is 2.30 bits per heavy atom. The lowest BCUT2D eigenvalue weighted by atomic mass is 10.1. The number of benzene rings is 2. The van der Waals surface area contributed by atoms with Crippen LogP contribution in [-0.2, 0) is 0 Å². The number of carboxylic acid groups (broad SMARTS) is 1. The number of carboxylic acids is 1. The van der Waals surface area contributed by atoms with Crippen LogP contribution in [-0.4, -0.2) is 17.0 Å². The highest BCUT2D eigenvalue weighted by Gasteiger charge is 2.21. The predicted molar refractivity (Wildman–Crippen MR) is 77.8 cm³/mol. The molecule has 0 saturated heterocycles. The van der Waals surface area contributed by atoms with Crippen molar-refractivity contribution < 1.29 is 14.7 Å². The van der Waals surface area contributed by atoms with Gasteiger partial charge in [0.15, 0.2) is 0 Å². The first-order chi connectivity index (χ1) is 9.49. The molecule has 0 atom stereocenters. The Bertz CT molecular complexity index is 672. The summed E-state index contributed by atoms with van der Waals surface area (Å²) in [6.45, 7) is 0. The fourth-order valence-electron chi connectivity index (χ4n) is 1.69. The molecule has 0 saturated carbocycles. The van der Waals surface area contributed by atoms with Gasteiger partial charge < -0.3 is 10.4 Å². The molecular formula is C14H9Cl2NO3. The minimum Gasteiger partial charge on any atom is -0.478 e. The number of para-hydroxylation sites is 1. The molecule has 0 radical (unpaired) electrons. The van der Waals surface area contributed by atoms with Gasteiger partial charge in [-0.3, -0.25) is 4.79 Å². The van der Waals surface area contributed by atoms with Gasteiger partial charge in [-0.25, -0.2) is 4.79 Å². The third-order valence-electron chi connectivity index (χ3n) is 2.54. The third-order valence-corrected chi connectivity index (χ3v) is 3.06. The normalized spacial score (nSPS) is 10.1. The Morgan fingerprint density at radius 2 is 1.70 bits per heavy atom. The average molecular weight is 310 g/mol. The van der Waals surface area contributed by atoms with Crippen molar-refractivity contribution in [2.24, 2.45) is 0 Å². The predicted octanol–water partition coefficient (Wildman–Crippen LogP) is 3.94. The second kappa shape index (κ2) is 5.94. The Balaban J connectivity index is 2.42. The average Bonchev–Trinajstić information content (AvgIpc) is 2.38. The molecule has 102 valence electrons. The minimum atomic E-state index is -1.27. The first kappa shape index (κ1) is 14.4. The van der Waals surface area contributed by atoms with Crippen molar-refractivity contribution in [1.29, 1.82) is 0 Å². The number of nitrogens with one attached hydrogen (secondary N) is 1. The van der Waals surface area contributed by atoms with Crippen LogP contribution in [0.4, 0.5) is 5.69 Å². The van der Waals surface area contributed by atoms with Gasteiger partial charge in [-0.2, -0.15) is 0 Å². The van der Waals surface area contributed by atoms with Gasteiger partial charge in [0.2, 0.25) is 0 Å². The zero-order valence-electron chi connectivity index (χ0n) is 10.1. The van der Waals surface area contributed by atoms with Crippen molar-refractivity contribution in [2.45, 2.75) is 0 Å². The Morgan fingerprint density at radius 1 is 1.05 bits per heavy atom. The standard InChI is InChI=1S/C14H9Cl2NO3/c15-8-6-10(14(19)20)12(11(16)7-8)13(18)17-9-4-2-1-3-5-9/h1-7H,(H,17,18)(H,19,20). The molecule has 2 N–H and O–H groups in total. The van der Waals surface area contributed by atoms with Gasteiger partial charge in [0, 0.05) is 10.7 Å². The van der Waals surface area contributed by atoms with Crippen LogP contribution in [0.1, 0.15) is 20.7 Å². The molecule has 0 unspecified atom stereocenters. The molecule has 2 rings (SSSR count). The molecule has 0 spiro atoms. The van der Waals surface area contributed by atoms with Crippen LogP contribution in [0.3, 0.4) is 0 Å². The Hall–Kier alpha value is -2.04. The summed E-state index contributed by atoms with van der Waals surface area (Å²) in [5.74, 6) is -1.87. The van der Waals surface area contributed by atoms with Gasteiger partial charge in [-0.15, -0.1) is 0 Å². The van der Waals surface area contributed by atoms with Crippen molar-refractivity contribution in [3.63, 3.8) is 0 Å². The van der Waals surface area contributed by atoms with Crippen LogP contribution >= 0.6 is 23.2 Å². The Labute approximate surface area is 124 Å². The van der Waals surface area contributed by atoms with E-state index >= 15 is 0 Å². The Kier molecular flexibility index (Phi) is 4.27. The van der Waals surface area contributed by atoms with Crippen molar-refractivity contribution in [3.05, 3.63) is 63.6 Å². The number of hydrogen-bond acceptors (Lipinski definition) is 2. The van der Waals surface area contributed by atoms with Gasteiger partial charge in [-0.05, 0) is 24.3 Å². The molecule has 0 aliphatic rings. The van der Waals surface area contributed by atoms with Crippen molar-refractivity contribution in [1.82, 2.24) is 0 Å². The molecule has 0 bridgehead atoms. The van der Waals surface area contributed by atoms with E-state index in [1.165, 1.54) is 12.1 Å². The van der Waals surface area contributed by atoms with Crippen LogP contribution in [0.2, 0.25) is 10.0 Å². The number of carbonyl (C=O) groups excluding carboxylic acids is 1. The number of amides is 1. The zero-order chi connectivity index (χ0) is 14.7. The summed E-state index contributed by atoms with van der Waals surface area (Å²) in [5, 5.41) is 11.9. The number of anilines is 1. The van der Waals surface area contributed by atoms with E-state index in [2.05, 4.69) is 5.32 Å². The highest BCUT2D eigenvalue weighted by molar-refractivity contribution is 6.38. The summed E-state index contributed by atoms with van der Waals surface area (Å²) in [6.07, 6.45) is 0. The maximum Gasteiger partial charge on any atom is 0.336 e. The SMILES string of the molecule is O=C(O)c1cc(Cl)cc(Cl)c1C(=O)Nc1ccccc1. The topological polar surface area (TPSA) is 66.4 Å². The van der Waals surface area contributed by atoms with E-state index in [1.807, 2.05) is 0 Å². The molecule has 2 aromatic rings. The lowest BCUT2D eigenvalue weighted by Crippen LogP contribution is -2.17. The second-order valence-corrected chi connectivity index (χ2v) is 4.78. The molecule has 2 aromatic carbocycles. The summed E-state index contributed by atoms with van der Waals surface area (Å²) in [4.78, 5) is 23.4. The molecular weight excluding hydrogens is 301 g/mol. The van der Waals surface area contributed by atoms with E-state index in [4.69, 9.17) is 28.3 Å². The fourth-order valence-corrected chi connectivity index (χ4v) is 2.27. The summed E-state index contributed by atoms with van der Waals surface area (Å²) in [6, 6.07) is 11.2. The van der Waals surface area contributed by atoms with E-state index < -0.39 is 11.9 Å². The molecule has 4 nitrogen and oxygen atoms in total. The van der Waals surface area contributed by atoms with Gasteiger partial charge in [-0.1, -0.05) is 41.4 Å². The summed E-state index contributed by atoms with van der Waals surface area (Å²) in [7, 11) is 0. The highest BCUT2D eigenvalue weighted by atomic mass is 35.5. The monoisotopic (exact) mass is 309 g/mol. The second-order valence-electron chi connectivity index (χ2n) is 3.94. The van der Waals surface area contributed by atoms with Gasteiger partial charge >= 0.3 is 5.97 Å². The largest absolute Gasteiger partial charge is 0.478 e. The summed E-state index contributed by atoms with van der Waals surface area (Å²) in [5.41, 5.74) is 0.184. The molecule has 0 heterocycles. The number of halogens is 2. The third kappa shape index (κ3) is 3.10. The van der Waals surface area contributed by atoms with Gasteiger partial charge in [0.1, 0.15) is 0 Å². The lowest BCUT2D eigenvalue weighted by molar-refractivity contribution is 0.0692. The number of rotatable bonds is 3. The van der Waals surface area contributed by atoms with Crippen LogP contribution < -0.4 is 5.32 Å². The molecule has 0 aromatic heterocycles. The minimum absolute atomic E-state index is 0.0108.